The number of halogens is 2. The molecule has 2 aliphatic carbocycles. The molecule has 1 aromatic carbocycles. The highest BCUT2D eigenvalue weighted by Crippen LogP contribution is 2.64. The summed E-state index contributed by atoms with van der Waals surface area (Å²) >= 11 is 1.24. The Morgan fingerprint density at radius 1 is 0.842 bits per heavy atom. The van der Waals surface area contributed by atoms with Crippen LogP contribution in [0.15, 0.2) is 23.1 Å². The third kappa shape index (κ3) is 7.95. The summed E-state index contributed by atoms with van der Waals surface area (Å²) in [6, 6.07) is 3.53. The first kappa shape index (κ1) is 29.5. The zero-order valence-corrected chi connectivity index (χ0v) is 22.2. The molecule has 0 radical (unpaired) electrons. The van der Waals surface area contributed by atoms with Gasteiger partial charge in [0.15, 0.2) is 11.6 Å². The molecule has 0 spiro atoms. The minimum Gasteiger partial charge on any atom is -0.431 e. The number of ether oxygens (including phenoxy) is 6. The molecular formula is C25H30F2O10S. The number of esters is 2. The van der Waals surface area contributed by atoms with Gasteiger partial charge in [-0.15, -0.1) is 11.8 Å². The van der Waals surface area contributed by atoms with E-state index in [0.717, 1.165) is 12.1 Å². The van der Waals surface area contributed by atoms with Crippen molar-refractivity contribution in [2.75, 3.05) is 19.3 Å². The molecule has 38 heavy (non-hydrogen) atoms. The standard InChI is InChI=1S/C25H30F2O10S/c1-12(2)36-24(30)34-10-32-22(28)19-14(9-38-15-5-6-17(26)18(27)8-15)7-16-20(19)21(16)23(29)33-11-35-25(31)37-13(3)4/h5-6,8,12-14,16,19-21H,7,9-11H2,1-4H3/t14?,16-,19-,20-,21+/m1/s1. The van der Waals surface area contributed by atoms with Gasteiger partial charge in [-0.1, -0.05) is 0 Å². The van der Waals surface area contributed by atoms with Crippen LogP contribution in [0.3, 0.4) is 0 Å². The van der Waals surface area contributed by atoms with E-state index < -0.39 is 79.4 Å². The van der Waals surface area contributed by atoms with Crippen molar-refractivity contribution in [3.8, 4) is 0 Å². The van der Waals surface area contributed by atoms with Gasteiger partial charge in [-0.05, 0) is 70.1 Å². The van der Waals surface area contributed by atoms with Crippen molar-refractivity contribution in [3.05, 3.63) is 29.8 Å². The van der Waals surface area contributed by atoms with Crippen LogP contribution in [0, 0.1) is 41.2 Å². The zero-order valence-electron chi connectivity index (χ0n) is 21.3. The SMILES string of the molecule is CC(C)OC(=O)OCOC(=O)[C@H]1[C@@H]2CC(CSc3ccc(F)c(F)c3)[C@@H](C(=O)OCOC(=O)OC(C)C)[C@@H]21. The van der Waals surface area contributed by atoms with E-state index in [1.54, 1.807) is 27.7 Å². The second-order valence-electron chi connectivity index (χ2n) is 9.46. The lowest BCUT2D eigenvalue weighted by atomic mass is 9.90. The number of benzene rings is 1. The molecule has 0 aromatic heterocycles. The van der Waals surface area contributed by atoms with Crippen molar-refractivity contribution >= 4 is 36.0 Å². The zero-order chi connectivity index (χ0) is 28.0. The van der Waals surface area contributed by atoms with Crippen molar-refractivity contribution in [1.29, 1.82) is 0 Å². The van der Waals surface area contributed by atoms with Crippen LogP contribution in [0.25, 0.3) is 0 Å². The Bertz CT molecular complexity index is 1030. The van der Waals surface area contributed by atoms with E-state index in [4.69, 9.17) is 28.4 Å². The third-order valence-corrected chi connectivity index (χ3v) is 7.23. The topological polar surface area (TPSA) is 124 Å². The maximum absolute atomic E-state index is 13.6. The van der Waals surface area contributed by atoms with Crippen LogP contribution < -0.4 is 0 Å². The molecule has 0 N–H and O–H groups in total. The first-order valence-corrected chi connectivity index (χ1v) is 13.0. The molecule has 210 valence electrons. The van der Waals surface area contributed by atoms with Crippen molar-refractivity contribution in [2.45, 2.75) is 51.2 Å². The predicted octanol–water partition coefficient (Wildman–Crippen LogP) is 4.68. The molecule has 3 rings (SSSR count). The fraction of sp³-hybridized carbons (Fsp3) is 0.600. The number of rotatable bonds is 11. The maximum atomic E-state index is 13.6. The molecule has 0 bridgehead atoms. The third-order valence-electron chi connectivity index (χ3n) is 6.05. The molecule has 0 amide bonds. The van der Waals surface area contributed by atoms with Crippen LogP contribution in [0.1, 0.15) is 34.1 Å². The summed E-state index contributed by atoms with van der Waals surface area (Å²) in [6.07, 6.45) is -2.30. The predicted molar refractivity (Wildman–Crippen MR) is 126 cm³/mol. The van der Waals surface area contributed by atoms with Gasteiger partial charge in [0.2, 0.25) is 13.6 Å². The molecule has 1 aromatic rings. The number of thioether (sulfide) groups is 1. The van der Waals surface area contributed by atoms with E-state index in [9.17, 15) is 28.0 Å². The van der Waals surface area contributed by atoms with Crippen LogP contribution >= 0.6 is 11.8 Å². The van der Waals surface area contributed by atoms with Gasteiger partial charge in [-0.25, -0.2) is 18.4 Å². The number of carbonyl (C=O) groups is 4. The first-order chi connectivity index (χ1) is 18.0. The highest BCUT2D eigenvalue weighted by molar-refractivity contribution is 7.99. The van der Waals surface area contributed by atoms with E-state index in [-0.39, 0.29) is 11.8 Å². The molecule has 13 heteroatoms. The highest BCUT2D eigenvalue weighted by atomic mass is 32.2. The Hall–Kier alpha value is -3.09. The van der Waals surface area contributed by atoms with E-state index in [2.05, 4.69) is 0 Å². The minimum atomic E-state index is -0.994. The summed E-state index contributed by atoms with van der Waals surface area (Å²) in [6.45, 7) is 5.24. The fourth-order valence-corrected chi connectivity index (χ4v) is 5.65. The van der Waals surface area contributed by atoms with E-state index in [0.29, 0.717) is 17.1 Å². The summed E-state index contributed by atoms with van der Waals surface area (Å²) < 4.78 is 56.1. The van der Waals surface area contributed by atoms with E-state index >= 15 is 0 Å². The lowest BCUT2D eigenvalue weighted by Gasteiger charge is -2.22. The average molecular weight is 561 g/mol. The Morgan fingerprint density at radius 2 is 1.39 bits per heavy atom. The summed E-state index contributed by atoms with van der Waals surface area (Å²) in [5, 5.41) is 0. The second kappa shape index (κ2) is 13.1. The molecule has 0 saturated heterocycles. The number of hydrogen-bond donors (Lipinski definition) is 0. The summed E-state index contributed by atoms with van der Waals surface area (Å²) in [7, 11) is 0. The van der Waals surface area contributed by atoms with Gasteiger partial charge < -0.3 is 28.4 Å². The van der Waals surface area contributed by atoms with Crippen molar-refractivity contribution < 1.29 is 56.4 Å². The van der Waals surface area contributed by atoms with Crippen LogP contribution in [-0.4, -0.2) is 55.8 Å². The quantitative estimate of drug-likeness (QED) is 0.162. The molecule has 2 fully saturated rings. The van der Waals surface area contributed by atoms with Crippen LogP contribution in [0.2, 0.25) is 0 Å². The van der Waals surface area contributed by atoms with Gasteiger partial charge in [0, 0.05) is 10.6 Å². The minimum absolute atomic E-state index is 0.176. The first-order valence-electron chi connectivity index (χ1n) is 12.1. The van der Waals surface area contributed by atoms with Crippen molar-refractivity contribution in [1.82, 2.24) is 0 Å². The number of hydrogen-bond acceptors (Lipinski definition) is 11. The second-order valence-corrected chi connectivity index (χ2v) is 10.6. The van der Waals surface area contributed by atoms with Gasteiger partial charge in [0.25, 0.3) is 0 Å². The molecule has 2 aliphatic rings. The largest absolute Gasteiger partial charge is 0.511 e. The molecule has 1 unspecified atom stereocenters. The molecule has 2 saturated carbocycles. The fourth-order valence-electron chi connectivity index (χ4n) is 4.54. The Morgan fingerprint density at radius 3 is 1.92 bits per heavy atom. The molecular weight excluding hydrogens is 530 g/mol. The van der Waals surface area contributed by atoms with E-state index in [1.807, 2.05) is 0 Å². The molecule has 0 aliphatic heterocycles. The van der Waals surface area contributed by atoms with Gasteiger partial charge in [-0.3, -0.25) is 9.59 Å². The van der Waals surface area contributed by atoms with Gasteiger partial charge in [0.1, 0.15) is 0 Å². The molecule has 10 nitrogen and oxygen atoms in total. The number of fused-ring (bicyclic) bond motifs is 1. The average Bonchev–Trinajstić information content (AvgIpc) is 3.39. The van der Waals surface area contributed by atoms with Gasteiger partial charge in [0.05, 0.1) is 24.0 Å². The highest BCUT2D eigenvalue weighted by Gasteiger charge is 2.67. The smallest absolute Gasteiger partial charge is 0.431 e. The monoisotopic (exact) mass is 560 g/mol. The molecule has 0 heterocycles. The normalized spacial score (nSPS) is 23.4. The van der Waals surface area contributed by atoms with Crippen LogP contribution in [-0.2, 0) is 38.0 Å². The molecule has 5 atom stereocenters. The summed E-state index contributed by atoms with van der Waals surface area (Å²) in [5.41, 5.74) is 0. The van der Waals surface area contributed by atoms with E-state index in [1.165, 1.54) is 17.8 Å². The Balaban J connectivity index is 1.58. The van der Waals surface area contributed by atoms with Crippen LogP contribution in [0.5, 0.6) is 0 Å². The van der Waals surface area contributed by atoms with Crippen molar-refractivity contribution in [3.63, 3.8) is 0 Å². The lowest BCUT2D eigenvalue weighted by Crippen LogP contribution is -2.30. The van der Waals surface area contributed by atoms with Crippen LogP contribution in [0.4, 0.5) is 18.4 Å². The van der Waals surface area contributed by atoms with Gasteiger partial charge >= 0.3 is 24.2 Å². The summed E-state index contributed by atoms with van der Waals surface area (Å²) in [5.74, 6) is -5.01. The van der Waals surface area contributed by atoms with Crippen molar-refractivity contribution in [2.24, 2.45) is 29.6 Å². The Kier molecular flexibility index (Phi) is 10.2. The maximum Gasteiger partial charge on any atom is 0.511 e. The summed E-state index contributed by atoms with van der Waals surface area (Å²) in [4.78, 5) is 49.0. The number of carbonyl (C=O) groups excluding carboxylic acids is 4. The van der Waals surface area contributed by atoms with Gasteiger partial charge in [-0.2, -0.15) is 0 Å². The Labute approximate surface area is 222 Å². The lowest BCUT2D eigenvalue weighted by molar-refractivity contribution is -0.161.